The van der Waals surface area contributed by atoms with Crippen LogP contribution in [0.5, 0.6) is 0 Å². The van der Waals surface area contributed by atoms with Gasteiger partial charge in [-0.05, 0) is 43.9 Å². The fourth-order valence-electron chi connectivity index (χ4n) is 3.31. The molecular formula is C21H25NO2. The minimum Gasteiger partial charge on any atom is -0.459 e. The lowest BCUT2D eigenvalue weighted by Crippen LogP contribution is -2.25. The number of hydrogen-bond acceptors (Lipinski definition) is 3. The van der Waals surface area contributed by atoms with Gasteiger partial charge in [0.15, 0.2) is 0 Å². The van der Waals surface area contributed by atoms with Crippen LogP contribution in [0.25, 0.3) is 11.0 Å². The number of fused-ring (bicyclic) bond motifs is 1. The average Bonchev–Trinajstić information content (AvgIpc) is 2.96. The molecule has 0 amide bonds. The molecule has 0 aliphatic rings. The summed E-state index contributed by atoms with van der Waals surface area (Å²) in [7, 11) is 0. The van der Waals surface area contributed by atoms with E-state index in [1.807, 2.05) is 24.3 Å². The predicted molar refractivity (Wildman–Crippen MR) is 98.0 cm³/mol. The molecule has 0 radical (unpaired) electrons. The molecule has 3 nitrogen and oxygen atoms in total. The highest BCUT2D eigenvalue weighted by molar-refractivity contribution is 5.82. The van der Waals surface area contributed by atoms with E-state index < -0.39 is 0 Å². The molecular weight excluding hydrogens is 298 g/mol. The van der Waals surface area contributed by atoms with Crippen molar-refractivity contribution in [2.75, 3.05) is 6.61 Å². The van der Waals surface area contributed by atoms with Crippen molar-refractivity contribution >= 4 is 11.0 Å². The third-order valence-electron chi connectivity index (χ3n) is 4.58. The molecule has 0 bridgehead atoms. The summed E-state index contributed by atoms with van der Waals surface area (Å²) < 4.78 is 6.09. The first-order valence-electron chi connectivity index (χ1n) is 8.60. The molecule has 2 N–H and O–H groups in total. The Bertz CT molecular complexity index is 779. The lowest BCUT2D eigenvalue weighted by molar-refractivity contribution is 0.270. The number of hydrogen-bond donors (Lipinski definition) is 2. The van der Waals surface area contributed by atoms with Gasteiger partial charge in [-0.25, -0.2) is 0 Å². The maximum atomic E-state index is 9.21. The Morgan fingerprint density at radius 1 is 1.04 bits per heavy atom. The van der Waals surface area contributed by atoms with Crippen LogP contribution in [0.1, 0.15) is 48.7 Å². The second kappa shape index (κ2) is 7.65. The second-order valence-electron chi connectivity index (χ2n) is 6.30. The van der Waals surface area contributed by atoms with Gasteiger partial charge >= 0.3 is 0 Å². The zero-order chi connectivity index (χ0) is 16.9. The normalized spacial score (nSPS) is 14.0. The van der Waals surface area contributed by atoms with Crippen molar-refractivity contribution in [3.8, 4) is 0 Å². The number of nitrogens with one attached hydrogen (secondary N) is 1. The van der Waals surface area contributed by atoms with Gasteiger partial charge in [-0.3, -0.25) is 0 Å². The van der Waals surface area contributed by atoms with Crippen LogP contribution < -0.4 is 5.32 Å². The SMILES string of the molecule is Cc1c(C(C)NC(CCCO)c2ccccc2)oc2ccccc12. The number of para-hydroxylation sites is 1. The third kappa shape index (κ3) is 3.53. The standard InChI is InChI=1S/C21H25NO2/c1-15-18-11-6-7-13-20(18)24-21(15)16(2)22-19(12-8-14-23)17-9-4-3-5-10-17/h3-7,9-11,13,16,19,22-23H,8,12,14H2,1-2H3. The maximum Gasteiger partial charge on any atom is 0.134 e. The van der Waals surface area contributed by atoms with Gasteiger partial charge in [0.1, 0.15) is 11.3 Å². The Kier molecular flexibility index (Phi) is 5.34. The smallest absolute Gasteiger partial charge is 0.134 e. The molecule has 0 saturated heterocycles. The lowest BCUT2D eigenvalue weighted by Gasteiger charge is -2.23. The van der Waals surface area contributed by atoms with E-state index in [1.54, 1.807) is 0 Å². The molecule has 0 aliphatic carbocycles. The van der Waals surface area contributed by atoms with Gasteiger partial charge in [0.2, 0.25) is 0 Å². The van der Waals surface area contributed by atoms with Crippen LogP contribution in [0.2, 0.25) is 0 Å². The lowest BCUT2D eigenvalue weighted by atomic mass is 10.00. The van der Waals surface area contributed by atoms with E-state index in [0.717, 1.165) is 24.2 Å². The van der Waals surface area contributed by atoms with Crippen molar-refractivity contribution in [3.05, 3.63) is 71.5 Å². The molecule has 126 valence electrons. The average molecular weight is 323 g/mol. The number of benzene rings is 2. The topological polar surface area (TPSA) is 45.4 Å². The molecule has 3 aromatic rings. The van der Waals surface area contributed by atoms with Gasteiger partial charge in [0.05, 0.1) is 6.04 Å². The van der Waals surface area contributed by atoms with Gasteiger partial charge in [-0.1, -0.05) is 48.5 Å². The summed E-state index contributed by atoms with van der Waals surface area (Å²) in [5.41, 5.74) is 3.37. The molecule has 24 heavy (non-hydrogen) atoms. The van der Waals surface area contributed by atoms with Gasteiger partial charge in [-0.2, -0.15) is 0 Å². The number of aliphatic hydroxyl groups excluding tert-OH is 1. The zero-order valence-corrected chi connectivity index (χ0v) is 14.3. The van der Waals surface area contributed by atoms with Gasteiger partial charge < -0.3 is 14.8 Å². The van der Waals surface area contributed by atoms with Crippen LogP contribution in [0, 0.1) is 6.92 Å². The minimum absolute atomic E-state index is 0.0984. The minimum atomic E-state index is 0.0984. The van der Waals surface area contributed by atoms with Crippen molar-refractivity contribution in [1.82, 2.24) is 5.32 Å². The Balaban J connectivity index is 1.84. The van der Waals surface area contributed by atoms with Crippen LogP contribution in [-0.4, -0.2) is 11.7 Å². The maximum absolute atomic E-state index is 9.21. The summed E-state index contributed by atoms with van der Waals surface area (Å²) in [5, 5.41) is 14.1. The first kappa shape index (κ1) is 16.7. The van der Waals surface area contributed by atoms with E-state index in [9.17, 15) is 5.11 Å². The summed E-state index contributed by atoms with van der Waals surface area (Å²) >= 11 is 0. The molecule has 2 atom stereocenters. The molecule has 2 aromatic carbocycles. The van der Waals surface area contributed by atoms with E-state index in [0.29, 0.717) is 0 Å². The quantitative estimate of drug-likeness (QED) is 0.649. The fourth-order valence-corrected chi connectivity index (χ4v) is 3.31. The van der Waals surface area contributed by atoms with E-state index in [4.69, 9.17) is 4.42 Å². The third-order valence-corrected chi connectivity index (χ3v) is 4.58. The largest absolute Gasteiger partial charge is 0.459 e. The summed E-state index contributed by atoms with van der Waals surface area (Å²) in [6, 6.07) is 18.9. The molecule has 2 unspecified atom stereocenters. The molecule has 3 rings (SSSR count). The first-order chi connectivity index (χ1) is 11.7. The molecule has 1 aromatic heterocycles. The Labute approximate surface area is 143 Å². The van der Waals surface area contributed by atoms with Gasteiger partial charge in [0, 0.05) is 18.0 Å². The summed E-state index contributed by atoms with van der Waals surface area (Å²) in [6.07, 6.45) is 1.67. The highest BCUT2D eigenvalue weighted by Crippen LogP contribution is 2.31. The molecule has 0 saturated carbocycles. The van der Waals surface area contributed by atoms with Crippen molar-refractivity contribution in [3.63, 3.8) is 0 Å². The van der Waals surface area contributed by atoms with Crippen molar-refractivity contribution in [2.45, 2.75) is 38.8 Å². The van der Waals surface area contributed by atoms with Crippen LogP contribution in [0.15, 0.2) is 59.0 Å². The van der Waals surface area contributed by atoms with Crippen LogP contribution >= 0.6 is 0 Å². The van der Waals surface area contributed by atoms with Crippen LogP contribution in [0.3, 0.4) is 0 Å². The number of rotatable bonds is 7. The predicted octanol–water partition coefficient (Wildman–Crippen LogP) is 4.91. The van der Waals surface area contributed by atoms with Crippen LogP contribution in [-0.2, 0) is 0 Å². The van der Waals surface area contributed by atoms with Gasteiger partial charge in [0.25, 0.3) is 0 Å². The number of aryl methyl sites for hydroxylation is 1. The summed E-state index contributed by atoms with van der Waals surface area (Å²) in [4.78, 5) is 0. The Morgan fingerprint density at radius 2 is 1.75 bits per heavy atom. The van der Waals surface area contributed by atoms with E-state index in [1.165, 1.54) is 16.5 Å². The molecule has 0 fully saturated rings. The Morgan fingerprint density at radius 3 is 2.46 bits per heavy atom. The highest BCUT2D eigenvalue weighted by Gasteiger charge is 2.20. The van der Waals surface area contributed by atoms with Crippen molar-refractivity contribution < 1.29 is 9.52 Å². The molecule has 0 spiro atoms. The summed E-state index contributed by atoms with van der Waals surface area (Å²) in [6.45, 7) is 4.47. The monoisotopic (exact) mass is 323 g/mol. The fraction of sp³-hybridized carbons (Fsp3) is 0.333. The number of aliphatic hydroxyl groups is 1. The summed E-state index contributed by atoms with van der Waals surface area (Å²) in [5.74, 6) is 0.987. The van der Waals surface area contributed by atoms with Gasteiger partial charge in [-0.15, -0.1) is 0 Å². The first-order valence-corrected chi connectivity index (χ1v) is 8.60. The van der Waals surface area contributed by atoms with E-state index in [-0.39, 0.29) is 18.7 Å². The Hall–Kier alpha value is -2.10. The van der Waals surface area contributed by atoms with Crippen molar-refractivity contribution in [1.29, 1.82) is 0 Å². The second-order valence-corrected chi connectivity index (χ2v) is 6.30. The molecule has 3 heteroatoms. The van der Waals surface area contributed by atoms with E-state index in [2.05, 4.69) is 49.5 Å². The molecule has 1 heterocycles. The van der Waals surface area contributed by atoms with Crippen molar-refractivity contribution in [2.24, 2.45) is 0 Å². The number of furan rings is 1. The van der Waals surface area contributed by atoms with Crippen LogP contribution in [0.4, 0.5) is 0 Å². The zero-order valence-electron chi connectivity index (χ0n) is 14.3. The molecule has 0 aliphatic heterocycles. The van der Waals surface area contributed by atoms with E-state index >= 15 is 0 Å². The highest BCUT2D eigenvalue weighted by atomic mass is 16.3.